The van der Waals surface area contributed by atoms with E-state index in [0.29, 0.717) is 18.1 Å². The quantitative estimate of drug-likeness (QED) is 0.452. The van der Waals surface area contributed by atoms with Gasteiger partial charge in [-0.25, -0.2) is 17.8 Å². The summed E-state index contributed by atoms with van der Waals surface area (Å²) in [5.74, 6) is -1.78. The number of aryl methyl sites for hydroxylation is 1. The lowest BCUT2D eigenvalue weighted by atomic mass is 10.2. The highest BCUT2D eigenvalue weighted by Crippen LogP contribution is 2.30. The Hall–Kier alpha value is -2.07. The molecule has 1 amide bonds. The first-order valence-corrected chi connectivity index (χ1v) is 11.9. The Bertz CT molecular complexity index is 1150. The fourth-order valence-corrected chi connectivity index (χ4v) is 5.28. The Morgan fingerprint density at radius 1 is 1.10 bits per heavy atom. The molecule has 0 saturated carbocycles. The second kappa shape index (κ2) is 10.5. The zero-order valence-electron chi connectivity index (χ0n) is 17.5. The van der Waals surface area contributed by atoms with Crippen LogP contribution in [-0.4, -0.2) is 57.1 Å². The van der Waals surface area contributed by atoms with E-state index in [4.69, 9.17) is 0 Å². The van der Waals surface area contributed by atoms with Gasteiger partial charge in [-0.1, -0.05) is 17.4 Å². The number of sulfone groups is 1. The molecule has 3 rings (SSSR count). The maximum absolute atomic E-state index is 13.1. The number of carbonyl (C=O) groups is 1. The first kappa shape index (κ1) is 25.2. The summed E-state index contributed by atoms with van der Waals surface area (Å²) in [6.45, 7) is 3.08. The Morgan fingerprint density at radius 2 is 1.77 bits per heavy atom. The standard InChI is InChI=1S/C21H24FN3O3S2.ClH/c1-15-5-10-18-19(13-15)29-21(23-18)25(12-4-11-24(2)3)20(26)14-30(27,28)17-8-6-16(22)7-9-17;/h5-10,13H,4,11-12,14H2,1-3H3;1H. The summed E-state index contributed by atoms with van der Waals surface area (Å²) < 4.78 is 39.5. The van der Waals surface area contributed by atoms with Crippen LogP contribution in [-0.2, 0) is 14.6 Å². The van der Waals surface area contributed by atoms with E-state index in [-0.39, 0.29) is 17.3 Å². The maximum Gasteiger partial charge on any atom is 0.244 e. The summed E-state index contributed by atoms with van der Waals surface area (Å²) in [7, 11) is -0.0266. The van der Waals surface area contributed by atoms with Crippen LogP contribution in [0.4, 0.5) is 9.52 Å². The lowest BCUT2D eigenvalue weighted by Crippen LogP contribution is -2.37. The zero-order valence-corrected chi connectivity index (χ0v) is 20.0. The molecule has 0 atom stereocenters. The van der Waals surface area contributed by atoms with Crippen LogP contribution in [0.3, 0.4) is 0 Å². The Morgan fingerprint density at radius 3 is 2.42 bits per heavy atom. The molecule has 0 radical (unpaired) electrons. The van der Waals surface area contributed by atoms with E-state index < -0.39 is 27.3 Å². The molecule has 1 aromatic heterocycles. The molecule has 3 aromatic rings. The van der Waals surface area contributed by atoms with Gasteiger partial charge < -0.3 is 4.90 Å². The number of hydrogen-bond donors (Lipinski definition) is 0. The monoisotopic (exact) mass is 485 g/mol. The molecule has 2 aromatic carbocycles. The van der Waals surface area contributed by atoms with Gasteiger partial charge in [0.25, 0.3) is 0 Å². The molecule has 0 spiro atoms. The lowest BCUT2D eigenvalue weighted by Gasteiger charge is -2.21. The van der Waals surface area contributed by atoms with E-state index >= 15 is 0 Å². The van der Waals surface area contributed by atoms with E-state index in [2.05, 4.69) is 4.98 Å². The fourth-order valence-electron chi connectivity index (χ4n) is 2.97. The number of rotatable bonds is 8. The van der Waals surface area contributed by atoms with Crippen LogP contribution in [0.5, 0.6) is 0 Å². The molecule has 0 aliphatic rings. The summed E-state index contributed by atoms with van der Waals surface area (Å²) in [6.07, 6.45) is 0.671. The van der Waals surface area contributed by atoms with Gasteiger partial charge in [0, 0.05) is 6.54 Å². The number of halogens is 2. The van der Waals surface area contributed by atoms with Gasteiger partial charge >= 0.3 is 0 Å². The van der Waals surface area contributed by atoms with Gasteiger partial charge in [-0.2, -0.15) is 0 Å². The Balaban J connectivity index is 0.00000341. The third kappa shape index (κ3) is 6.46. The third-order valence-corrected chi connectivity index (χ3v) is 7.20. The molecule has 31 heavy (non-hydrogen) atoms. The van der Waals surface area contributed by atoms with Crippen LogP contribution in [0.1, 0.15) is 12.0 Å². The number of anilines is 1. The van der Waals surface area contributed by atoms with Gasteiger partial charge in [0.1, 0.15) is 11.6 Å². The highest BCUT2D eigenvalue weighted by Gasteiger charge is 2.26. The first-order chi connectivity index (χ1) is 14.2. The normalized spacial score (nSPS) is 11.5. The van der Waals surface area contributed by atoms with E-state index in [0.717, 1.165) is 34.5 Å². The second-order valence-electron chi connectivity index (χ2n) is 7.38. The number of hydrogen-bond acceptors (Lipinski definition) is 6. The molecule has 0 N–H and O–H groups in total. The van der Waals surface area contributed by atoms with Crippen molar-refractivity contribution in [2.75, 3.05) is 37.8 Å². The van der Waals surface area contributed by atoms with Crippen LogP contribution in [0.25, 0.3) is 10.2 Å². The fraction of sp³-hybridized carbons (Fsp3) is 0.333. The predicted molar refractivity (Wildman–Crippen MR) is 126 cm³/mol. The molecular formula is C21H25ClFN3O3S2. The summed E-state index contributed by atoms with van der Waals surface area (Å²) in [6, 6.07) is 10.3. The van der Waals surface area contributed by atoms with E-state index in [1.807, 2.05) is 44.1 Å². The molecule has 168 valence electrons. The van der Waals surface area contributed by atoms with Crippen molar-refractivity contribution in [2.45, 2.75) is 18.2 Å². The minimum Gasteiger partial charge on any atom is -0.309 e. The van der Waals surface area contributed by atoms with Crippen molar-refractivity contribution >= 4 is 54.8 Å². The first-order valence-electron chi connectivity index (χ1n) is 9.46. The summed E-state index contributed by atoms with van der Waals surface area (Å²) >= 11 is 1.37. The molecule has 0 aliphatic heterocycles. The Kier molecular flexibility index (Phi) is 8.53. The number of carbonyl (C=O) groups excluding carboxylic acids is 1. The number of nitrogens with zero attached hydrogens (tertiary/aromatic N) is 3. The van der Waals surface area contributed by atoms with Gasteiger partial charge in [0.15, 0.2) is 15.0 Å². The molecule has 0 saturated heterocycles. The lowest BCUT2D eigenvalue weighted by molar-refractivity contribution is -0.116. The predicted octanol–water partition coefficient (Wildman–Crippen LogP) is 3.92. The van der Waals surface area contributed by atoms with Crippen molar-refractivity contribution < 1.29 is 17.6 Å². The van der Waals surface area contributed by atoms with Crippen molar-refractivity contribution in [1.29, 1.82) is 0 Å². The van der Waals surface area contributed by atoms with Crippen LogP contribution < -0.4 is 4.90 Å². The van der Waals surface area contributed by atoms with E-state index in [1.165, 1.54) is 28.4 Å². The van der Waals surface area contributed by atoms with Crippen molar-refractivity contribution in [1.82, 2.24) is 9.88 Å². The van der Waals surface area contributed by atoms with Crippen molar-refractivity contribution in [2.24, 2.45) is 0 Å². The SMILES string of the molecule is Cc1ccc2nc(N(CCCN(C)C)C(=O)CS(=O)(=O)c3ccc(F)cc3)sc2c1.Cl. The number of benzene rings is 2. The van der Waals surface area contributed by atoms with Gasteiger partial charge in [0.2, 0.25) is 5.91 Å². The van der Waals surface area contributed by atoms with E-state index in [9.17, 15) is 17.6 Å². The van der Waals surface area contributed by atoms with Crippen molar-refractivity contribution in [3.63, 3.8) is 0 Å². The van der Waals surface area contributed by atoms with Gasteiger partial charge in [-0.05, 0) is 75.9 Å². The van der Waals surface area contributed by atoms with Gasteiger partial charge in [-0.15, -0.1) is 12.4 Å². The summed E-state index contributed by atoms with van der Waals surface area (Å²) in [5, 5.41) is 0.480. The largest absolute Gasteiger partial charge is 0.309 e. The van der Waals surface area contributed by atoms with Gasteiger partial charge in [-0.3, -0.25) is 9.69 Å². The molecule has 0 aliphatic carbocycles. The van der Waals surface area contributed by atoms with Gasteiger partial charge in [0.05, 0.1) is 15.1 Å². The summed E-state index contributed by atoms with van der Waals surface area (Å²) in [5.41, 5.74) is 1.86. The highest BCUT2D eigenvalue weighted by molar-refractivity contribution is 7.92. The molecule has 10 heteroatoms. The highest BCUT2D eigenvalue weighted by atomic mass is 35.5. The molecule has 0 unspecified atom stereocenters. The minimum absolute atomic E-state index is 0. The average molecular weight is 486 g/mol. The third-order valence-electron chi connectivity index (χ3n) is 4.54. The second-order valence-corrected chi connectivity index (χ2v) is 10.4. The number of thiazole rings is 1. The Labute approximate surface area is 192 Å². The van der Waals surface area contributed by atoms with Crippen molar-refractivity contribution in [3.8, 4) is 0 Å². The zero-order chi connectivity index (χ0) is 21.9. The van der Waals surface area contributed by atoms with Crippen molar-refractivity contribution in [3.05, 3.63) is 53.8 Å². The molecule has 6 nitrogen and oxygen atoms in total. The maximum atomic E-state index is 13.1. The molecule has 0 fully saturated rings. The molecule has 0 bridgehead atoms. The number of aromatic nitrogens is 1. The average Bonchev–Trinajstić information content (AvgIpc) is 3.07. The smallest absolute Gasteiger partial charge is 0.244 e. The van der Waals surface area contributed by atoms with Crippen LogP contribution in [0.15, 0.2) is 47.4 Å². The minimum atomic E-state index is -3.90. The van der Waals surface area contributed by atoms with E-state index in [1.54, 1.807) is 0 Å². The molecular weight excluding hydrogens is 461 g/mol. The van der Waals surface area contributed by atoms with Crippen LogP contribution in [0.2, 0.25) is 0 Å². The van der Waals surface area contributed by atoms with Crippen LogP contribution in [0, 0.1) is 12.7 Å². The summed E-state index contributed by atoms with van der Waals surface area (Å²) in [4.78, 5) is 21.0. The topological polar surface area (TPSA) is 70.6 Å². The van der Waals surface area contributed by atoms with Crippen LogP contribution >= 0.6 is 23.7 Å². The number of amides is 1. The number of fused-ring (bicyclic) bond motifs is 1. The molecule has 1 heterocycles.